The molecule has 2 fully saturated rings. The Morgan fingerprint density at radius 1 is 1.07 bits per heavy atom. The highest BCUT2D eigenvalue weighted by molar-refractivity contribution is 6.99. The number of carboxylic acid groups (broad SMARTS) is 1. The lowest BCUT2D eigenvalue weighted by Gasteiger charge is -2.45. The highest BCUT2D eigenvalue weighted by atomic mass is 28.4. The molecule has 0 amide bonds. The summed E-state index contributed by atoms with van der Waals surface area (Å²) in [4.78, 5) is 11.0. The van der Waals surface area contributed by atoms with Crippen molar-refractivity contribution in [3.63, 3.8) is 0 Å². The van der Waals surface area contributed by atoms with E-state index >= 15 is 0 Å². The number of hydrogen-bond donors (Lipinski definition) is 2. The first-order valence-electron chi connectivity index (χ1n) is 16.0. The first-order valence-corrected chi connectivity index (χ1v) is 17.9. The summed E-state index contributed by atoms with van der Waals surface area (Å²) in [6, 6.07) is 21.7. The van der Waals surface area contributed by atoms with Crippen LogP contribution in [0.1, 0.15) is 79.6 Å². The zero-order valence-electron chi connectivity index (χ0n) is 26.6. The smallest absolute Gasteiger partial charge is 0.303 e. The molecule has 0 heterocycles. The van der Waals surface area contributed by atoms with Crippen LogP contribution in [-0.2, 0) is 9.22 Å². The van der Waals surface area contributed by atoms with E-state index in [2.05, 4.69) is 112 Å². The van der Waals surface area contributed by atoms with Crippen LogP contribution in [0.4, 0.5) is 0 Å². The maximum Gasteiger partial charge on any atom is 0.303 e. The average molecular weight is 599 g/mol. The second-order valence-electron chi connectivity index (χ2n) is 13.6. The van der Waals surface area contributed by atoms with E-state index in [0.717, 1.165) is 25.7 Å². The van der Waals surface area contributed by atoms with Gasteiger partial charge in [-0.1, -0.05) is 112 Å². The average Bonchev–Trinajstić information content (AvgIpc) is 3.52. The van der Waals surface area contributed by atoms with E-state index in [9.17, 15) is 9.90 Å². The number of hydrogen-bond acceptors (Lipinski definition) is 3. The van der Waals surface area contributed by atoms with Gasteiger partial charge >= 0.3 is 5.97 Å². The molecule has 1 unspecified atom stereocenters. The molecule has 0 saturated heterocycles. The molecule has 0 radical (unpaired) electrons. The second kappa shape index (κ2) is 14.7. The zero-order chi connectivity index (χ0) is 31.0. The van der Waals surface area contributed by atoms with Gasteiger partial charge in [-0.3, -0.25) is 4.79 Å². The molecule has 0 bridgehead atoms. The van der Waals surface area contributed by atoms with Crippen molar-refractivity contribution < 1.29 is 19.4 Å². The van der Waals surface area contributed by atoms with Gasteiger partial charge in [-0.2, -0.15) is 0 Å². The number of allylic oxidation sites excluding steroid dienone is 2. The third-order valence-corrected chi connectivity index (χ3v) is 14.6. The van der Waals surface area contributed by atoms with Crippen molar-refractivity contribution in [1.82, 2.24) is 0 Å². The van der Waals surface area contributed by atoms with Gasteiger partial charge in [-0.15, -0.1) is 11.8 Å². The van der Waals surface area contributed by atoms with E-state index < -0.39 is 20.4 Å². The third-order valence-electron chi connectivity index (χ3n) is 9.57. The Labute approximate surface area is 260 Å². The molecular formula is C38H50O4Si. The number of fused-ring (bicyclic) bond motifs is 1. The Morgan fingerprint density at radius 2 is 1.70 bits per heavy atom. The topological polar surface area (TPSA) is 66.8 Å². The lowest BCUT2D eigenvalue weighted by Crippen LogP contribution is -2.68. The quantitative estimate of drug-likeness (QED) is 0.118. The Hall–Kier alpha value is -2.91. The molecule has 2 aromatic rings. The van der Waals surface area contributed by atoms with Gasteiger partial charge in [0.15, 0.2) is 0 Å². The zero-order valence-corrected chi connectivity index (χ0v) is 27.6. The minimum Gasteiger partial charge on any atom is -0.481 e. The molecule has 2 N–H and O–H groups in total. The predicted octanol–water partition coefficient (Wildman–Crippen LogP) is 7.13. The summed E-state index contributed by atoms with van der Waals surface area (Å²) in [6.45, 7) is 10.9. The van der Waals surface area contributed by atoms with Crippen LogP contribution in [0.25, 0.3) is 0 Å². The Balaban J connectivity index is 1.69. The van der Waals surface area contributed by atoms with Crippen molar-refractivity contribution in [2.24, 2.45) is 23.7 Å². The Morgan fingerprint density at radius 3 is 2.26 bits per heavy atom. The fraction of sp³-hybridized carbons (Fsp3) is 0.500. The van der Waals surface area contributed by atoms with Crippen molar-refractivity contribution in [1.29, 1.82) is 0 Å². The summed E-state index contributed by atoms with van der Waals surface area (Å²) in [5.41, 5.74) is 1.45. The summed E-state index contributed by atoms with van der Waals surface area (Å²) in [5, 5.41) is 22.6. The first kappa shape index (κ1) is 33.0. The molecule has 5 heteroatoms. The van der Waals surface area contributed by atoms with Gasteiger partial charge < -0.3 is 14.6 Å². The highest BCUT2D eigenvalue weighted by Gasteiger charge is 2.55. The first-order chi connectivity index (χ1) is 20.6. The molecule has 0 aliphatic heterocycles. The maximum atomic E-state index is 11.0. The number of aliphatic hydroxyl groups excluding tert-OH is 1. The number of carbonyl (C=O) groups is 1. The van der Waals surface area contributed by atoms with Gasteiger partial charge in [0.25, 0.3) is 8.32 Å². The van der Waals surface area contributed by atoms with E-state index in [1.807, 2.05) is 13.0 Å². The molecule has 2 aliphatic rings. The number of benzene rings is 2. The van der Waals surface area contributed by atoms with Crippen LogP contribution in [0.15, 0.2) is 84.5 Å². The summed E-state index contributed by atoms with van der Waals surface area (Å²) < 4.78 is 7.70. The molecule has 4 rings (SSSR count). The van der Waals surface area contributed by atoms with Crippen molar-refractivity contribution >= 4 is 24.7 Å². The van der Waals surface area contributed by atoms with Crippen LogP contribution < -0.4 is 10.4 Å². The lowest BCUT2D eigenvalue weighted by molar-refractivity contribution is -0.137. The van der Waals surface area contributed by atoms with E-state index in [1.54, 1.807) is 0 Å². The van der Waals surface area contributed by atoms with Crippen molar-refractivity contribution in [2.45, 2.75) is 96.8 Å². The fourth-order valence-electron chi connectivity index (χ4n) is 7.33. The van der Waals surface area contributed by atoms with Gasteiger partial charge in [0.1, 0.15) is 0 Å². The van der Waals surface area contributed by atoms with Gasteiger partial charge in [-0.05, 0) is 72.2 Å². The summed E-state index contributed by atoms with van der Waals surface area (Å²) >= 11 is 0. The number of rotatable bonds is 12. The van der Waals surface area contributed by atoms with E-state index in [-0.39, 0.29) is 29.4 Å². The SMILES string of the molecule is CC#CCC(C)[C@H](O)/C=C/[C@@H]1[C@H]2C/C(=C\CCCC(=O)O)C[C@H]2C[C@H]1O[Si](c1ccccc1)(c1ccccc1)C(C)(C)C. The number of aliphatic carboxylic acids is 1. The van der Waals surface area contributed by atoms with Crippen molar-refractivity contribution in [3.05, 3.63) is 84.5 Å². The Bertz CT molecular complexity index is 1270. The minimum absolute atomic E-state index is 0.0454. The number of aliphatic hydroxyl groups is 1. The second-order valence-corrected chi connectivity index (χ2v) is 17.8. The molecule has 2 aromatic carbocycles. The third kappa shape index (κ3) is 7.79. The van der Waals surface area contributed by atoms with E-state index in [4.69, 9.17) is 9.53 Å². The van der Waals surface area contributed by atoms with Gasteiger partial charge in [0.2, 0.25) is 0 Å². The van der Waals surface area contributed by atoms with Crippen LogP contribution in [0.5, 0.6) is 0 Å². The summed E-state index contributed by atoms with van der Waals surface area (Å²) in [5.74, 6) is 6.56. The number of unbranched alkanes of at least 4 members (excludes halogenated alkanes) is 1. The molecule has 230 valence electrons. The molecule has 0 aromatic heterocycles. The van der Waals surface area contributed by atoms with Gasteiger partial charge in [-0.25, -0.2) is 0 Å². The van der Waals surface area contributed by atoms with Crippen molar-refractivity contribution in [3.8, 4) is 11.8 Å². The molecule has 43 heavy (non-hydrogen) atoms. The highest BCUT2D eigenvalue weighted by Crippen LogP contribution is 2.53. The molecule has 2 aliphatic carbocycles. The fourth-order valence-corrected chi connectivity index (χ4v) is 12.1. The molecule has 6 atom stereocenters. The monoisotopic (exact) mass is 598 g/mol. The van der Waals surface area contributed by atoms with Crippen molar-refractivity contribution in [2.75, 3.05) is 0 Å². The summed E-state index contributed by atoms with van der Waals surface area (Å²) in [7, 11) is -2.74. The van der Waals surface area contributed by atoms with Crippen LogP contribution in [-0.4, -0.2) is 36.7 Å². The van der Waals surface area contributed by atoms with Crippen LogP contribution >= 0.6 is 0 Å². The van der Waals surface area contributed by atoms with Gasteiger partial charge in [0.05, 0.1) is 12.2 Å². The largest absolute Gasteiger partial charge is 0.481 e. The van der Waals surface area contributed by atoms with Gasteiger partial charge in [0, 0.05) is 18.8 Å². The van der Waals surface area contributed by atoms with Crippen LogP contribution in [0.2, 0.25) is 5.04 Å². The normalized spacial score (nSPS) is 24.5. The molecular weight excluding hydrogens is 549 g/mol. The molecule has 0 spiro atoms. The molecule has 2 saturated carbocycles. The standard InChI is InChI=1S/C38H50O4Si/c1-6-7-16-28(2)35(39)24-23-33-34-26-29(17-14-15-22-37(40)41)25-30(34)27-36(33)42-43(38(3,4)5,31-18-10-8-11-19-31)32-20-12-9-13-21-32/h8-13,17-21,23-24,28,30,33-36,39H,14-16,22,25-27H2,1-5H3,(H,40,41)/b24-23+,29-17-/t28?,30-,33+,34-,35+,36+/m0/s1. The predicted molar refractivity (Wildman–Crippen MR) is 179 cm³/mol. The minimum atomic E-state index is -2.74. The summed E-state index contributed by atoms with van der Waals surface area (Å²) in [6.07, 6.45) is 11.5. The Kier molecular flexibility index (Phi) is 11.3. The van der Waals surface area contributed by atoms with E-state index in [0.29, 0.717) is 24.7 Å². The van der Waals surface area contributed by atoms with E-state index in [1.165, 1.54) is 15.9 Å². The van der Waals surface area contributed by atoms with Crippen LogP contribution in [0, 0.1) is 35.5 Å². The molecule has 4 nitrogen and oxygen atoms in total. The number of carboxylic acids is 1. The lowest BCUT2D eigenvalue weighted by atomic mass is 9.89. The van der Waals surface area contributed by atoms with Crippen LogP contribution in [0.3, 0.4) is 0 Å². The maximum absolute atomic E-state index is 11.0.